The Morgan fingerprint density at radius 2 is 1.44 bits per heavy atom. The molecule has 3 heteroatoms. The molecule has 0 radical (unpaired) electrons. The standard InChI is InChI=1S/C6H4N2O/c7-3-1-5-9-6-2-4-8/h1-2,5-6H. The minimum Gasteiger partial charge on any atom is -0.471 e. The summed E-state index contributed by atoms with van der Waals surface area (Å²) in [6.45, 7) is 0. The molecule has 44 valence electrons. The highest BCUT2D eigenvalue weighted by Gasteiger charge is 1.64. The van der Waals surface area contributed by atoms with Crippen molar-refractivity contribution < 1.29 is 4.74 Å². The quantitative estimate of drug-likeness (QED) is 0.404. The Hall–Kier alpha value is -1.74. The molecule has 0 saturated heterocycles. The van der Waals surface area contributed by atoms with Crippen LogP contribution in [0, 0.1) is 22.7 Å². The van der Waals surface area contributed by atoms with Crippen LogP contribution >= 0.6 is 0 Å². The van der Waals surface area contributed by atoms with E-state index in [0.717, 1.165) is 0 Å². The Bertz CT molecular complexity index is 170. The van der Waals surface area contributed by atoms with Gasteiger partial charge in [-0.2, -0.15) is 10.5 Å². The van der Waals surface area contributed by atoms with E-state index in [4.69, 9.17) is 10.5 Å². The first kappa shape index (κ1) is 7.26. The Labute approximate surface area is 53.1 Å². The third-order valence-corrected chi connectivity index (χ3v) is 0.442. The summed E-state index contributed by atoms with van der Waals surface area (Å²) in [4.78, 5) is 0. The lowest BCUT2D eigenvalue weighted by atomic mass is 10.7. The molecule has 0 bridgehead atoms. The van der Waals surface area contributed by atoms with Crippen LogP contribution in [-0.2, 0) is 4.74 Å². The van der Waals surface area contributed by atoms with E-state index in [1.165, 1.54) is 24.7 Å². The van der Waals surface area contributed by atoms with Crippen molar-refractivity contribution in [2.45, 2.75) is 0 Å². The fourth-order valence-corrected chi connectivity index (χ4v) is 0.185. The summed E-state index contributed by atoms with van der Waals surface area (Å²) >= 11 is 0. The van der Waals surface area contributed by atoms with E-state index in [0.29, 0.717) is 0 Å². The molecule has 0 spiro atoms. The summed E-state index contributed by atoms with van der Waals surface area (Å²) in [5.74, 6) is 0. The molecule has 0 amide bonds. The van der Waals surface area contributed by atoms with Gasteiger partial charge in [-0.1, -0.05) is 0 Å². The molecule has 9 heavy (non-hydrogen) atoms. The van der Waals surface area contributed by atoms with Crippen LogP contribution in [0.4, 0.5) is 0 Å². The Morgan fingerprint density at radius 3 is 1.78 bits per heavy atom. The second kappa shape index (κ2) is 6.26. The van der Waals surface area contributed by atoms with Gasteiger partial charge in [0.1, 0.15) is 12.5 Å². The second-order valence-corrected chi connectivity index (χ2v) is 1.000. The molecule has 0 aromatic heterocycles. The van der Waals surface area contributed by atoms with Crippen molar-refractivity contribution in [3.05, 3.63) is 24.7 Å². The largest absolute Gasteiger partial charge is 0.471 e. The maximum absolute atomic E-state index is 7.92. The van der Waals surface area contributed by atoms with Crippen molar-refractivity contribution in [1.29, 1.82) is 10.5 Å². The van der Waals surface area contributed by atoms with Crippen LogP contribution in [0.15, 0.2) is 24.7 Å². The average molecular weight is 120 g/mol. The van der Waals surface area contributed by atoms with Gasteiger partial charge in [-0.3, -0.25) is 0 Å². The Kier molecular flexibility index (Phi) is 5.05. The molecule has 0 aromatic carbocycles. The first-order valence-corrected chi connectivity index (χ1v) is 2.16. The zero-order valence-corrected chi connectivity index (χ0v) is 4.61. The van der Waals surface area contributed by atoms with Crippen molar-refractivity contribution in [2.75, 3.05) is 0 Å². The van der Waals surface area contributed by atoms with Gasteiger partial charge in [-0.15, -0.1) is 0 Å². The van der Waals surface area contributed by atoms with E-state index in [1.807, 2.05) is 0 Å². The first-order valence-electron chi connectivity index (χ1n) is 2.16. The van der Waals surface area contributed by atoms with Crippen LogP contribution in [0.5, 0.6) is 0 Å². The van der Waals surface area contributed by atoms with Gasteiger partial charge in [0, 0.05) is 0 Å². The zero-order chi connectivity index (χ0) is 6.95. The predicted molar refractivity (Wildman–Crippen MR) is 30.6 cm³/mol. The fraction of sp³-hybridized carbons (Fsp3) is 0. The molecule has 0 unspecified atom stereocenters. The van der Waals surface area contributed by atoms with Crippen molar-refractivity contribution >= 4 is 0 Å². The van der Waals surface area contributed by atoms with E-state index in [2.05, 4.69) is 4.74 Å². The third kappa shape index (κ3) is 6.26. The molecular weight excluding hydrogens is 116 g/mol. The SMILES string of the molecule is N#CC=COC=CC#N. The van der Waals surface area contributed by atoms with Gasteiger partial charge < -0.3 is 4.74 Å². The topological polar surface area (TPSA) is 56.8 Å². The van der Waals surface area contributed by atoms with Gasteiger partial charge >= 0.3 is 0 Å². The molecule has 0 rings (SSSR count). The first-order chi connectivity index (χ1) is 4.41. The van der Waals surface area contributed by atoms with Crippen molar-refractivity contribution in [3.63, 3.8) is 0 Å². The van der Waals surface area contributed by atoms with Crippen LogP contribution in [0.1, 0.15) is 0 Å². The number of nitriles is 2. The maximum atomic E-state index is 7.92. The Balaban J connectivity index is 3.35. The monoisotopic (exact) mass is 120 g/mol. The molecule has 3 nitrogen and oxygen atoms in total. The number of ether oxygens (including phenoxy) is 1. The van der Waals surface area contributed by atoms with Gasteiger partial charge in [-0.25, -0.2) is 0 Å². The number of hydrogen-bond acceptors (Lipinski definition) is 3. The normalized spacial score (nSPS) is 9.11. The number of rotatable bonds is 2. The van der Waals surface area contributed by atoms with Crippen LogP contribution in [0.25, 0.3) is 0 Å². The van der Waals surface area contributed by atoms with Crippen LogP contribution in [0.2, 0.25) is 0 Å². The Morgan fingerprint density at radius 1 is 1.00 bits per heavy atom. The molecule has 0 aromatic rings. The summed E-state index contributed by atoms with van der Waals surface area (Å²) in [5, 5.41) is 15.8. The molecule has 0 fully saturated rings. The van der Waals surface area contributed by atoms with E-state index in [9.17, 15) is 0 Å². The molecule has 0 saturated carbocycles. The average Bonchev–Trinajstić information content (AvgIpc) is 1.89. The minimum absolute atomic E-state index is 1.17. The van der Waals surface area contributed by atoms with Gasteiger partial charge in [-0.05, 0) is 0 Å². The van der Waals surface area contributed by atoms with E-state index in [1.54, 1.807) is 12.1 Å². The summed E-state index contributed by atoms with van der Waals surface area (Å²) in [5.41, 5.74) is 0. The van der Waals surface area contributed by atoms with E-state index in [-0.39, 0.29) is 0 Å². The van der Waals surface area contributed by atoms with Crippen molar-refractivity contribution in [1.82, 2.24) is 0 Å². The summed E-state index contributed by atoms with van der Waals surface area (Å²) < 4.78 is 4.51. The molecule has 0 aliphatic carbocycles. The van der Waals surface area contributed by atoms with E-state index >= 15 is 0 Å². The highest BCUT2D eigenvalue weighted by molar-refractivity contribution is 5.01. The van der Waals surface area contributed by atoms with Gasteiger partial charge in [0.15, 0.2) is 0 Å². The van der Waals surface area contributed by atoms with Crippen LogP contribution in [0.3, 0.4) is 0 Å². The third-order valence-electron chi connectivity index (χ3n) is 0.442. The molecule has 0 heterocycles. The summed E-state index contributed by atoms with van der Waals surface area (Å²) in [6.07, 6.45) is 4.71. The number of allylic oxidation sites excluding steroid dienone is 2. The van der Waals surface area contributed by atoms with E-state index < -0.39 is 0 Å². The molecular formula is C6H4N2O. The lowest BCUT2D eigenvalue weighted by Crippen LogP contribution is -1.61. The fourth-order valence-electron chi connectivity index (χ4n) is 0.185. The predicted octanol–water partition coefficient (Wildman–Crippen LogP) is 1.08. The molecule has 0 atom stereocenters. The summed E-state index contributed by atoms with van der Waals surface area (Å²) in [7, 11) is 0. The van der Waals surface area contributed by atoms with Crippen molar-refractivity contribution in [2.24, 2.45) is 0 Å². The lowest BCUT2D eigenvalue weighted by Gasteiger charge is -1.80. The molecule has 0 aliphatic heterocycles. The highest BCUT2D eigenvalue weighted by Crippen LogP contribution is 1.77. The highest BCUT2D eigenvalue weighted by atomic mass is 16.5. The minimum atomic E-state index is 1.17. The maximum Gasteiger partial charge on any atom is 0.101 e. The smallest absolute Gasteiger partial charge is 0.101 e. The van der Waals surface area contributed by atoms with Crippen LogP contribution < -0.4 is 0 Å². The second-order valence-electron chi connectivity index (χ2n) is 1.000. The number of nitrogens with zero attached hydrogens (tertiary/aromatic N) is 2. The van der Waals surface area contributed by atoms with Gasteiger partial charge in [0.05, 0.1) is 24.3 Å². The van der Waals surface area contributed by atoms with Crippen molar-refractivity contribution in [3.8, 4) is 12.1 Å². The van der Waals surface area contributed by atoms with Crippen LogP contribution in [-0.4, -0.2) is 0 Å². The molecule has 0 aliphatic rings. The number of hydrogen-bond donors (Lipinski definition) is 0. The summed E-state index contributed by atoms with van der Waals surface area (Å²) in [6, 6.07) is 3.44. The lowest BCUT2D eigenvalue weighted by molar-refractivity contribution is 0.403. The molecule has 0 N–H and O–H groups in total. The van der Waals surface area contributed by atoms with Gasteiger partial charge in [0.2, 0.25) is 0 Å². The zero-order valence-electron chi connectivity index (χ0n) is 4.61. The van der Waals surface area contributed by atoms with Gasteiger partial charge in [0.25, 0.3) is 0 Å².